The number of carbonyl (C=O) groups excluding carboxylic acids is 1. The van der Waals surface area contributed by atoms with Gasteiger partial charge in [0.15, 0.2) is 0 Å². The molecule has 1 unspecified atom stereocenters. The lowest BCUT2D eigenvalue weighted by Crippen LogP contribution is -2.34. The summed E-state index contributed by atoms with van der Waals surface area (Å²) in [7, 11) is 0. The highest BCUT2D eigenvalue weighted by atomic mass is 127. The van der Waals surface area contributed by atoms with Gasteiger partial charge in [-0.05, 0) is 35.6 Å². The fourth-order valence-corrected chi connectivity index (χ4v) is 2.68. The van der Waals surface area contributed by atoms with Gasteiger partial charge in [-0.3, -0.25) is 9.59 Å². The second kappa shape index (κ2) is 7.70. The van der Waals surface area contributed by atoms with E-state index in [1.54, 1.807) is 18.4 Å². The molecule has 1 aromatic heterocycles. The molecule has 0 bridgehead atoms. The Morgan fingerprint density at radius 3 is 2.83 bits per heavy atom. The van der Waals surface area contributed by atoms with Crippen LogP contribution in [-0.2, 0) is 9.53 Å². The maximum Gasteiger partial charge on any atom is 0.306 e. The van der Waals surface area contributed by atoms with Gasteiger partial charge in [0.25, 0.3) is 5.91 Å². The van der Waals surface area contributed by atoms with E-state index in [2.05, 4.69) is 27.9 Å². The van der Waals surface area contributed by atoms with E-state index >= 15 is 0 Å². The first-order valence-corrected chi connectivity index (χ1v) is 7.34. The van der Waals surface area contributed by atoms with E-state index in [9.17, 15) is 9.59 Å². The number of carbonyl (C=O) groups is 2. The van der Waals surface area contributed by atoms with Crippen LogP contribution in [0.15, 0.2) is 11.4 Å². The summed E-state index contributed by atoms with van der Waals surface area (Å²) in [6.07, 6.45) is -0.607. The Hall–Kier alpha value is -0.670. The molecule has 0 spiro atoms. The van der Waals surface area contributed by atoms with Crippen molar-refractivity contribution in [3.63, 3.8) is 0 Å². The van der Waals surface area contributed by atoms with Crippen LogP contribution in [-0.4, -0.2) is 36.2 Å². The van der Waals surface area contributed by atoms with Crippen molar-refractivity contribution in [1.82, 2.24) is 5.32 Å². The monoisotopic (exact) mass is 383 g/mol. The molecule has 7 heteroatoms. The second-order valence-electron chi connectivity index (χ2n) is 3.52. The quantitative estimate of drug-likeness (QED) is 0.706. The first-order valence-electron chi connectivity index (χ1n) is 5.38. The van der Waals surface area contributed by atoms with Crippen LogP contribution in [0.5, 0.6) is 0 Å². The summed E-state index contributed by atoms with van der Waals surface area (Å²) in [5, 5.41) is 13.2. The third-order valence-electron chi connectivity index (χ3n) is 2.12. The number of carboxylic acids is 1. The molecule has 18 heavy (non-hydrogen) atoms. The van der Waals surface area contributed by atoms with Gasteiger partial charge in [0.1, 0.15) is 0 Å². The number of aliphatic carboxylic acids is 1. The molecule has 0 aliphatic heterocycles. The Balaban J connectivity index is 2.46. The molecular formula is C11H14INO4S. The van der Waals surface area contributed by atoms with E-state index in [1.807, 2.05) is 0 Å². The Morgan fingerprint density at radius 2 is 2.33 bits per heavy atom. The average molecular weight is 383 g/mol. The molecule has 0 saturated carbocycles. The van der Waals surface area contributed by atoms with E-state index < -0.39 is 12.1 Å². The van der Waals surface area contributed by atoms with Gasteiger partial charge in [-0.15, -0.1) is 11.3 Å². The zero-order valence-corrected chi connectivity index (χ0v) is 12.8. The number of amides is 1. The zero-order valence-electron chi connectivity index (χ0n) is 9.81. The predicted molar refractivity (Wildman–Crippen MR) is 77.0 cm³/mol. The molecule has 1 amide bonds. The first-order chi connectivity index (χ1) is 8.52. The van der Waals surface area contributed by atoms with Crippen LogP contribution in [0.3, 0.4) is 0 Å². The summed E-state index contributed by atoms with van der Waals surface area (Å²) in [5.41, 5.74) is 0.593. The summed E-state index contributed by atoms with van der Waals surface area (Å²) in [6, 6.07) is 1.79. The zero-order chi connectivity index (χ0) is 13.5. The molecule has 100 valence electrons. The Morgan fingerprint density at radius 1 is 1.61 bits per heavy atom. The number of hydrogen-bond donors (Lipinski definition) is 2. The van der Waals surface area contributed by atoms with Gasteiger partial charge in [0.05, 0.1) is 21.0 Å². The van der Waals surface area contributed by atoms with Crippen LogP contribution in [0.4, 0.5) is 0 Å². The SMILES string of the molecule is CCOC(CNC(=O)c1csc(I)c1)CC(=O)O. The van der Waals surface area contributed by atoms with E-state index in [1.165, 1.54) is 11.3 Å². The minimum absolute atomic E-state index is 0.116. The van der Waals surface area contributed by atoms with Crippen LogP contribution in [0.25, 0.3) is 0 Å². The fourth-order valence-electron chi connectivity index (χ4n) is 1.36. The highest BCUT2D eigenvalue weighted by Gasteiger charge is 2.15. The molecule has 0 aliphatic carbocycles. The van der Waals surface area contributed by atoms with Crippen molar-refractivity contribution in [2.45, 2.75) is 19.4 Å². The lowest BCUT2D eigenvalue weighted by atomic mass is 10.2. The summed E-state index contributed by atoms with van der Waals surface area (Å²) < 4.78 is 6.28. The molecule has 1 atom stereocenters. The van der Waals surface area contributed by atoms with Crippen molar-refractivity contribution in [2.75, 3.05) is 13.2 Å². The van der Waals surface area contributed by atoms with Gasteiger partial charge in [0.2, 0.25) is 0 Å². The molecule has 1 heterocycles. The van der Waals surface area contributed by atoms with Gasteiger partial charge in [0, 0.05) is 18.5 Å². The van der Waals surface area contributed by atoms with Gasteiger partial charge >= 0.3 is 5.97 Å². The van der Waals surface area contributed by atoms with Gasteiger partial charge in [-0.1, -0.05) is 0 Å². The maximum absolute atomic E-state index is 11.7. The third-order valence-corrected chi connectivity index (χ3v) is 3.91. The maximum atomic E-state index is 11.7. The molecule has 0 radical (unpaired) electrons. The highest BCUT2D eigenvalue weighted by Crippen LogP contribution is 2.16. The Kier molecular flexibility index (Phi) is 6.58. The standard InChI is InChI=1S/C11H14INO4S/c1-2-17-8(4-10(14)15)5-13-11(16)7-3-9(12)18-6-7/h3,6,8H,2,4-5H2,1H3,(H,13,16)(H,14,15). The number of nitrogens with one attached hydrogen (secondary N) is 1. The van der Waals surface area contributed by atoms with E-state index in [0.717, 1.165) is 2.88 Å². The normalized spacial score (nSPS) is 12.1. The average Bonchev–Trinajstić information content (AvgIpc) is 2.72. The lowest BCUT2D eigenvalue weighted by molar-refractivity contribution is -0.140. The number of thiophene rings is 1. The smallest absolute Gasteiger partial charge is 0.306 e. The third kappa shape index (κ3) is 5.32. The first kappa shape index (κ1) is 15.4. The predicted octanol–water partition coefficient (Wildman–Crippen LogP) is 1.96. The number of hydrogen-bond acceptors (Lipinski definition) is 4. The van der Waals surface area contributed by atoms with Crippen molar-refractivity contribution in [3.8, 4) is 0 Å². The van der Waals surface area contributed by atoms with E-state index in [0.29, 0.717) is 12.2 Å². The molecule has 5 nitrogen and oxygen atoms in total. The van der Waals surface area contributed by atoms with Crippen LogP contribution in [0.2, 0.25) is 0 Å². The summed E-state index contributed by atoms with van der Waals surface area (Å²) in [4.78, 5) is 22.4. The minimum atomic E-state index is -0.937. The molecule has 1 aromatic rings. The highest BCUT2D eigenvalue weighted by molar-refractivity contribution is 14.1. The Bertz CT molecular complexity index is 421. The fraction of sp³-hybridized carbons (Fsp3) is 0.455. The van der Waals surface area contributed by atoms with Gasteiger partial charge in [-0.2, -0.15) is 0 Å². The number of carboxylic acid groups (broad SMARTS) is 1. The molecule has 0 aromatic carbocycles. The summed E-state index contributed by atoms with van der Waals surface area (Å²) in [5.74, 6) is -1.14. The van der Waals surface area contributed by atoms with Crippen LogP contribution in [0.1, 0.15) is 23.7 Å². The lowest BCUT2D eigenvalue weighted by Gasteiger charge is -2.15. The van der Waals surface area contributed by atoms with Crippen molar-refractivity contribution in [3.05, 3.63) is 19.9 Å². The molecule has 2 N–H and O–H groups in total. The van der Waals surface area contributed by atoms with Gasteiger partial charge in [-0.25, -0.2) is 0 Å². The molecular weight excluding hydrogens is 369 g/mol. The number of rotatable bonds is 7. The van der Waals surface area contributed by atoms with E-state index in [-0.39, 0.29) is 18.9 Å². The molecule has 0 aliphatic rings. The largest absolute Gasteiger partial charge is 0.481 e. The van der Waals surface area contributed by atoms with Crippen molar-refractivity contribution in [1.29, 1.82) is 0 Å². The minimum Gasteiger partial charge on any atom is -0.481 e. The van der Waals surface area contributed by atoms with Crippen molar-refractivity contribution in [2.24, 2.45) is 0 Å². The van der Waals surface area contributed by atoms with Crippen LogP contribution >= 0.6 is 33.9 Å². The van der Waals surface area contributed by atoms with Gasteiger partial charge < -0.3 is 15.2 Å². The number of ether oxygens (including phenoxy) is 1. The summed E-state index contributed by atoms with van der Waals surface area (Å²) >= 11 is 3.63. The van der Waals surface area contributed by atoms with Crippen molar-refractivity contribution >= 4 is 45.8 Å². The summed E-state index contributed by atoms with van der Waals surface area (Å²) in [6.45, 7) is 2.41. The number of halogens is 1. The van der Waals surface area contributed by atoms with Crippen LogP contribution in [0, 0.1) is 2.88 Å². The molecule has 0 fully saturated rings. The topological polar surface area (TPSA) is 75.6 Å². The second-order valence-corrected chi connectivity index (χ2v) is 6.33. The van der Waals surface area contributed by atoms with E-state index in [4.69, 9.17) is 9.84 Å². The van der Waals surface area contributed by atoms with Crippen LogP contribution < -0.4 is 5.32 Å². The Labute approximate surface area is 123 Å². The van der Waals surface area contributed by atoms with Crippen molar-refractivity contribution < 1.29 is 19.4 Å². The molecule has 0 saturated heterocycles. The molecule has 1 rings (SSSR count).